The Labute approximate surface area is 113 Å². The van der Waals surface area contributed by atoms with Crippen molar-refractivity contribution in [2.24, 2.45) is 5.73 Å². The zero-order valence-electron chi connectivity index (χ0n) is 11.1. The van der Waals surface area contributed by atoms with Crippen LogP contribution in [0.2, 0.25) is 0 Å². The minimum absolute atomic E-state index is 0.207. The Kier molecular flexibility index (Phi) is 3.11. The Morgan fingerprint density at radius 1 is 1.11 bits per heavy atom. The first kappa shape index (κ1) is 12.4. The molecule has 2 aromatic rings. The van der Waals surface area contributed by atoms with Gasteiger partial charge < -0.3 is 5.73 Å². The summed E-state index contributed by atoms with van der Waals surface area (Å²) in [5.74, 6) is 0.263. The van der Waals surface area contributed by atoms with E-state index in [1.165, 1.54) is 10.8 Å². The fourth-order valence-corrected chi connectivity index (χ4v) is 2.92. The predicted molar refractivity (Wildman–Crippen MR) is 78.0 cm³/mol. The molecular formula is C17H19NO. The SMILES string of the molecule is NC1(CC(=O)Cc2cccc3ccccc23)CCC1. The molecule has 0 bridgehead atoms. The molecule has 1 aliphatic rings. The lowest BCUT2D eigenvalue weighted by molar-refractivity contribution is -0.120. The first-order chi connectivity index (χ1) is 9.16. The van der Waals surface area contributed by atoms with E-state index in [9.17, 15) is 4.79 Å². The predicted octanol–water partition coefficient (Wildman–Crippen LogP) is 3.22. The van der Waals surface area contributed by atoms with Crippen LogP contribution in [-0.2, 0) is 11.2 Å². The van der Waals surface area contributed by atoms with Crippen LogP contribution in [0.4, 0.5) is 0 Å². The number of hydrogen-bond acceptors (Lipinski definition) is 2. The fraction of sp³-hybridized carbons (Fsp3) is 0.353. The molecule has 98 valence electrons. The van der Waals surface area contributed by atoms with Crippen LogP contribution in [0.5, 0.6) is 0 Å². The number of benzene rings is 2. The van der Waals surface area contributed by atoms with E-state index in [-0.39, 0.29) is 11.3 Å². The number of carbonyl (C=O) groups excluding carboxylic acids is 1. The molecule has 0 unspecified atom stereocenters. The highest BCUT2D eigenvalue weighted by atomic mass is 16.1. The first-order valence-corrected chi connectivity index (χ1v) is 6.94. The highest BCUT2D eigenvalue weighted by molar-refractivity contribution is 5.91. The summed E-state index contributed by atoms with van der Waals surface area (Å²) in [6.45, 7) is 0. The monoisotopic (exact) mass is 253 g/mol. The van der Waals surface area contributed by atoms with E-state index in [4.69, 9.17) is 5.73 Å². The minimum atomic E-state index is -0.207. The van der Waals surface area contributed by atoms with Gasteiger partial charge in [0.25, 0.3) is 0 Å². The Hall–Kier alpha value is -1.67. The van der Waals surface area contributed by atoms with E-state index in [0.29, 0.717) is 12.8 Å². The Bertz CT molecular complexity index is 608. The van der Waals surface area contributed by atoms with Crippen LogP contribution >= 0.6 is 0 Å². The van der Waals surface area contributed by atoms with Crippen molar-refractivity contribution in [3.8, 4) is 0 Å². The van der Waals surface area contributed by atoms with Crippen LogP contribution < -0.4 is 5.73 Å². The summed E-state index contributed by atoms with van der Waals surface area (Å²) in [6, 6.07) is 14.4. The van der Waals surface area contributed by atoms with E-state index >= 15 is 0 Å². The van der Waals surface area contributed by atoms with Crippen LogP contribution in [-0.4, -0.2) is 11.3 Å². The van der Waals surface area contributed by atoms with Crippen LogP contribution in [0, 0.1) is 0 Å². The van der Waals surface area contributed by atoms with E-state index in [2.05, 4.69) is 18.2 Å². The van der Waals surface area contributed by atoms with Crippen molar-refractivity contribution < 1.29 is 4.79 Å². The van der Waals surface area contributed by atoms with Gasteiger partial charge in [0.2, 0.25) is 0 Å². The van der Waals surface area contributed by atoms with E-state index < -0.39 is 0 Å². The molecule has 0 aromatic heterocycles. The van der Waals surface area contributed by atoms with Gasteiger partial charge in [0.15, 0.2) is 0 Å². The fourth-order valence-electron chi connectivity index (χ4n) is 2.92. The molecular weight excluding hydrogens is 234 g/mol. The summed E-state index contributed by atoms with van der Waals surface area (Å²) >= 11 is 0. The maximum Gasteiger partial charge on any atom is 0.139 e. The average Bonchev–Trinajstić information content (AvgIpc) is 2.37. The van der Waals surface area contributed by atoms with Crippen molar-refractivity contribution in [1.82, 2.24) is 0 Å². The minimum Gasteiger partial charge on any atom is -0.325 e. The van der Waals surface area contributed by atoms with Crippen molar-refractivity contribution in [3.05, 3.63) is 48.0 Å². The number of fused-ring (bicyclic) bond motifs is 1. The standard InChI is InChI=1S/C17H19NO/c18-17(9-4-10-17)12-15(19)11-14-7-3-6-13-5-1-2-8-16(13)14/h1-3,5-8H,4,9-12,18H2. The van der Waals surface area contributed by atoms with Crippen LogP contribution in [0.1, 0.15) is 31.2 Å². The molecule has 1 fully saturated rings. The third-order valence-corrected chi connectivity index (χ3v) is 4.17. The normalized spacial score (nSPS) is 17.1. The van der Waals surface area contributed by atoms with Gasteiger partial charge in [-0.15, -0.1) is 0 Å². The number of nitrogens with two attached hydrogens (primary N) is 1. The lowest BCUT2D eigenvalue weighted by Gasteiger charge is -2.37. The second kappa shape index (κ2) is 4.78. The average molecular weight is 253 g/mol. The number of hydrogen-bond donors (Lipinski definition) is 1. The van der Waals surface area contributed by atoms with Crippen molar-refractivity contribution in [2.45, 2.75) is 37.6 Å². The molecule has 0 spiro atoms. The molecule has 2 nitrogen and oxygen atoms in total. The molecule has 0 heterocycles. The molecule has 19 heavy (non-hydrogen) atoms. The summed E-state index contributed by atoms with van der Waals surface area (Å²) in [5.41, 5.74) is 7.06. The maximum absolute atomic E-state index is 12.2. The third kappa shape index (κ3) is 2.54. The van der Waals surface area contributed by atoms with Gasteiger partial charge >= 0.3 is 0 Å². The molecule has 0 radical (unpaired) electrons. The van der Waals surface area contributed by atoms with E-state index in [1.807, 2.05) is 24.3 Å². The van der Waals surface area contributed by atoms with Crippen LogP contribution in [0.25, 0.3) is 10.8 Å². The first-order valence-electron chi connectivity index (χ1n) is 6.94. The summed E-state index contributed by atoms with van der Waals surface area (Å²) in [4.78, 5) is 12.2. The van der Waals surface area contributed by atoms with Gasteiger partial charge in [-0.3, -0.25) is 4.79 Å². The Morgan fingerprint density at radius 3 is 2.58 bits per heavy atom. The molecule has 0 saturated heterocycles. The van der Waals surface area contributed by atoms with Crippen molar-refractivity contribution in [3.63, 3.8) is 0 Å². The molecule has 2 aromatic carbocycles. The van der Waals surface area contributed by atoms with Crippen molar-refractivity contribution in [1.29, 1.82) is 0 Å². The quantitative estimate of drug-likeness (QED) is 0.909. The number of Topliss-reactive ketones (excluding diaryl/α,β-unsaturated/α-hetero) is 1. The molecule has 0 amide bonds. The Balaban J connectivity index is 1.79. The molecule has 0 aliphatic heterocycles. The lowest BCUT2D eigenvalue weighted by Crippen LogP contribution is -2.48. The second-order valence-corrected chi connectivity index (χ2v) is 5.75. The zero-order chi connectivity index (χ0) is 13.3. The van der Waals surface area contributed by atoms with Gasteiger partial charge in [-0.05, 0) is 35.6 Å². The van der Waals surface area contributed by atoms with Crippen LogP contribution in [0.3, 0.4) is 0 Å². The highest BCUT2D eigenvalue weighted by Gasteiger charge is 2.34. The molecule has 3 rings (SSSR count). The lowest BCUT2D eigenvalue weighted by atomic mass is 9.74. The topological polar surface area (TPSA) is 43.1 Å². The van der Waals surface area contributed by atoms with Crippen molar-refractivity contribution >= 4 is 16.6 Å². The van der Waals surface area contributed by atoms with Crippen molar-refractivity contribution in [2.75, 3.05) is 0 Å². The molecule has 1 aliphatic carbocycles. The second-order valence-electron chi connectivity index (χ2n) is 5.75. The van der Waals surface area contributed by atoms with Gasteiger partial charge in [0, 0.05) is 18.4 Å². The Morgan fingerprint density at radius 2 is 1.84 bits per heavy atom. The number of carbonyl (C=O) groups is 1. The maximum atomic E-state index is 12.2. The van der Waals surface area contributed by atoms with Gasteiger partial charge in [-0.25, -0.2) is 0 Å². The summed E-state index contributed by atoms with van der Waals surface area (Å²) < 4.78 is 0. The summed E-state index contributed by atoms with van der Waals surface area (Å²) in [7, 11) is 0. The van der Waals surface area contributed by atoms with E-state index in [0.717, 1.165) is 24.8 Å². The molecule has 2 N–H and O–H groups in total. The highest BCUT2D eigenvalue weighted by Crippen LogP contribution is 2.32. The number of ketones is 1. The van der Waals surface area contributed by atoms with Gasteiger partial charge in [0.1, 0.15) is 5.78 Å². The summed E-state index contributed by atoms with van der Waals surface area (Å²) in [5, 5.41) is 2.37. The van der Waals surface area contributed by atoms with E-state index in [1.54, 1.807) is 0 Å². The van der Waals surface area contributed by atoms with Gasteiger partial charge in [0.05, 0.1) is 0 Å². The summed E-state index contributed by atoms with van der Waals surface area (Å²) in [6.07, 6.45) is 4.18. The van der Waals surface area contributed by atoms with Gasteiger partial charge in [-0.2, -0.15) is 0 Å². The van der Waals surface area contributed by atoms with Crippen LogP contribution in [0.15, 0.2) is 42.5 Å². The third-order valence-electron chi connectivity index (χ3n) is 4.17. The molecule has 2 heteroatoms. The number of rotatable bonds is 4. The zero-order valence-corrected chi connectivity index (χ0v) is 11.1. The molecule has 1 saturated carbocycles. The smallest absolute Gasteiger partial charge is 0.139 e. The molecule has 0 atom stereocenters. The largest absolute Gasteiger partial charge is 0.325 e. The van der Waals surface area contributed by atoms with Gasteiger partial charge in [-0.1, -0.05) is 42.5 Å².